The van der Waals surface area contributed by atoms with Gasteiger partial charge < -0.3 is 14.8 Å². The summed E-state index contributed by atoms with van der Waals surface area (Å²) in [6.45, 7) is -0.515. The molecule has 0 amide bonds. The van der Waals surface area contributed by atoms with Gasteiger partial charge in [0.2, 0.25) is 10.0 Å². The Labute approximate surface area is 198 Å². The Morgan fingerprint density at radius 2 is 2.03 bits per heavy atom. The number of hydrogen-bond acceptors (Lipinski definition) is 9. The van der Waals surface area contributed by atoms with E-state index >= 15 is 0 Å². The van der Waals surface area contributed by atoms with Crippen LogP contribution in [0.3, 0.4) is 0 Å². The van der Waals surface area contributed by atoms with E-state index in [0.717, 1.165) is 11.4 Å². The highest BCUT2D eigenvalue weighted by atomic mass is 32.2. The van der Waals surface area contributed by atoms with Gasteiger partial charge in [-0.05, 0) is 30.7 Å². The number of nitriles is 1. The van der Waals surface area contributed by atoms with Gasteiger partial charge in [-0.1, -0.05) is 18.2 Å². The lowest BCUT2D eigenvalue weighted by atomic mass is 10.2. The maximum atomic E-state index is 12.5. The van der Waals surface area contributed by atoms with E-state index in [9.17, 15) is 23.6 Å². The second kappa shape index (κ2) is 9.96. The van der Waals surface area contributed by atoms with Crippen LogP contribution < -0.4 is 4.72 Å². The third-order valence-corrected chi connectivity index (χ3v) is 6.82. The van der Waals surface area contributed by atoms with Crippen molar-refractivity contribution < 1.29 is 23.1 Å². The molecule has 4 rings (SSSR count). The van der Waals surface area contributed by atoms with Crippen molar-refractivity contribution >= 4 is 55.3 Å². The lowest BCUT2D eigenvalue weighted by Crippen LogP contribution is -2.25. The van der Waals surface area contributed by atoms with Crippen LogP contribution in [0.5, 0.6) is 0 Å². The smallest absolute Gasteiger partial charge is 0.306 e. The summed E-state index contributed by atoms with van der Waals surface area (Å²) in [5, 5.41) is 19.6. The van der Waals surface area contributed by atoms with Gasteiger partial charge in [0.25, 0.3) is 0 Å². The van der Waals surface area contributed by atoms with Crippen LogP contribution in [0.2, 0.25) is 0 Å². The maximum Gasteiger partial charge on any atom is 0.306 e. The molecule has 2 aromatic carbocycles. The molecule has 0 atom stereocenters. The molecular weight excluding hydrogens is 480 g/mol. The van der Waals surface area contributed by atoms with Gasteiger partial charge in [0, 0.05) is 13.0 Å². The lowest BCUT2D eigenvalue weighted by Gasteiger charge is -2.09. The first kappa shape index (κ1) is 23.3. The Morgan fingerprint density at radius 3 is 2.82 bits per heavy atom. The monoisotopic (exact) mass is 498 g/mol. The van der Waals surface area contributed by atoms with E-state index in [1.165, 1.54) is 6.07 Å². The average Bonchev–Trinajstić information content (AvgIpc) is 3.47. The van der Waals surface area contributed by atoms with Crippen molar-refractivity contribution in [2.45, 2.75) is 17.7 Å². The quantitative estimate of drug-likeness (QED) is 0.137. The van der Waals surface area contributed by atoms with E-state index in [1.807, 2.05) is 6.07 Å². The Bertz CT molecular complexity index is 1480. The molecule has 0 spiro atoms. The zero-order valence-electron chi connectivity index (χ0n) is 17.6. The fraction of sp³-hybridized carbons (Fsp3) is 0.190. The molecule has 174 valence electrons. The highest BCUT2D eigenvalue weighted by Gasteiger charge is 2.22. The SMILES string of the molecule is N#C/C(=C(\O)COC(=O)CCCNS(=O)(=O)c1cccc2c1N=S=N2)c1nc2ccccc2[nH]1. The number of aromatic amines is 1. The van der Waals surface area contributed by atoms with Crippen molar-refractivity contribution in [3.8, 4) is 6.07 Å². The maximum absolute atomic E-state index is 12.5. The largest absolute Gasteiger partial charge is 0.507 e. The minimum absolute atomic E-state index is 0.00433. The number of aliphatic hydroxyl groups excluding tert-OH is 1. The van der Waals surface area contributed by atoms with Crippen molar-refractivity contribution in [1.82, 2.24) is 14.7 Å². The molecule has 3 aromatic rings. The molecule has 13 heteroatoms. The predicted octanol–water partition coefficient (Wildman–Crippen LogP) is 3.38. The van der Waals surface area contributed by atoms with Gasteiger partial charge in [-0.15, -0.1) is 0 Å². The summed E-state index contributed by atoms with van der Waals surface area (Å²) in [6, 6.07) is 13.7. The van der Waals surface area contributed by atoms with E-state index in [-0.39, 0.29) is 35.7 Å². The van der Waals surface area contributed by atoms with E-state index in [4.69, 9.17) is 4.74 Å². The van der Waals surface area contributed by atoms with Crippen LogP contribution in [0.4, 0.5) is 11.4 Å². The summed E-state index contributed by atoms with van der Waals surface area (Å²) in [5.41, 5.74) is 1.96. The number of ether oxygens (including phenoxy) is 1. The number of rotatable bonds is 9. The van der Waals surface area contributed by atoms with E-state index in [0.29, 0.717) is 22.4 Å². The molecular formula is C21H18N6O5S2. The standard InChI is InChI=1S/C21H18N6O5S2/c22-11-13(21-24-14-5-1-2-6-15(14)25-21)17(28)12-32-19(29)9-4-10-23-34(30,31)18-8-3-7-16-20(18)27-33-26-16/h1-3,5-8,23,28H,4,9-10,12H2,(H,24,25)/b17-13+. The van der Waals surface area contributed by atoms with Crippen molar-refractivity contribution in [3.05, 3.63) is 54.0 Å². The normalized spacial score (nSPS) is 13.1. The third-order valence-electron chi connectivity index (χ3n) is 4.78. The van der Waals surface area contributed by atoms with E-state index < -0.39 is 28.4 Å². The summed E-state index contributed by atoms with van der Waals surface area (Å²) in [6.07, 6.45) is 0.0767. The van der Waals surface area contributed by atoms with E-state index in [1.54, 1.807) is 36.4 Å². The Morgan fingerprint density at radius 1 is 1.21 bits per heavy atom. The summed E-state index contributed by atoms with van der Waals surface area (Å²) < 4.78 is 40.6. The number of hydrogen-bond donors (Lipinski definition) is 3. The van der Waals surface area contributed by atoms with Gasteiger partial charge in [0.1, 0.15) is 34.5 Å². The second-order valence-corrected chi connectivity index (χ2v) is 9.35. The minimum atomic E-state index is -3.83. The number of allylic oxidation sites excluding steroid dienone is 1. The molecule has 34 heavy (non-hydrogen) atoms. The molecule has 0 saturated heterocycles. The number of H-pyrrole nitrogens is 1. The molecule has 11 nitrogen and oxygen atoms in total. The molecule has 2 heterocycles. The van der Waals surface area contributed by atoms with Gasteiger partial charge in [0.15, 0.2) is 11.6 Å². The van der Waals surface area contributed by atoms with E-state index in [2.05, 4.69) is 23.4 Å². The Balaban J connectivity index is 1.28. The number of nitrogens with one attached hydrogen (secondary N) is 2. The molecule has 0 bridgehead atoms. The predicted molar refractivity (Wildman–Crippen MR) is 125 cm³/mol. The molecule has 0 fully saturated rings. The molecule has 0 aliphatic carbocycles. The minimum Gasteiger partial charge on any atom is -0.507 e. The summed E-state index contributed by atoms with van der Waals surface area (Å²) in [7, 11) is -3.83. The Hall–Kier alpha value is -3.86. The Kier molecular flexibility index (Phi) is 6.82. The number of para-hydroxylation sites is 2. The molecule has 0 radical (unpaired) electrons. The molecule has 1 aliphatic rings. The van der Waals surface area contributed by atoms with Gasteiger partial charge in [-0.25, -0.2) is 18.1 Å². The van der Waals surface area contributed by atoms with Gasteiger partial charge in [0.05, 0.1) is 22.4 Å². The fourth-order valence-corrected chi connectivity index (χ4v) is 4.97. The van der Waals surface area contributed by atoms with Crippen LogP contribution in [-0.2, 0) is 30.9 Å². The number of aromatic nitrogens is 2. The lowest BCUT2D eigenvalue weighted by molar-refractivity contribution is -0.143. The number of sulfonamides is 1. The van der Waals surface area contributed by atoms with Crippen LogP contribution in [0.25, 0.3) is 16.6 Å². The first-order valence-corrected chi connectivity index (χ1v) is 12.2. The number of fused-ring (bicyclic) bond motifs is 2. The number of carbonyl (C=O) groups is 1. The fourth-order valence-electron chi connectivity index (χ4n) is 3.13. The topological polar surface area (TPSA) is 170 Å². The number of imidazole rings is 1. The van der Waals surface area contributed by atoms with Crippen LogP contribution in [0, 0.1) is 11.3 Å². The molecule has 0 saturated carbocycles. The number of benzene rings is 2. The summed E-state index contributed by atoms with van der Waals surface area (Å²) in [5.74, 6) is -0.934. The van der Waals surface area contributed by atoms with Crippen molar-refractivity contribution in [2.24, 2.45) is 8.73 Å². The highest BCUT2D eigenvalue weighted by molar-refractivity contribution is 7.89. The van der Waals surface area contributed by atoms with Crippen LogP contribution in [0.15, 0.2) is 61.8 Å². The summed E-state index contributed by atoms with van der Waals surface area (Å²) in [4.78, 5) is 19.2. The number of carbonyl (C=O) groups excluding carboxylic acids is 1. The first-order chi connectivity index (χ1) is 16.4. The van der Waals surface area contributed by atoms with Crippen LogP contribution >= 0.6 is 0 Å². The molecule has 0 unspecified atom stereocenters. The van der Waals surface area contributed by atoms with Crippen LogP contribution in [0.1, 0.15) is 18.7 Å². The highest BCUT2D eigenvalue weighted by Crippen LogP contribution is 2.37. The zero-order chi connectivity index (χ0) is 24.1. The number of nitrogens with zero attached hydrogens (tertiary/aromatic N) is 4. The number of esters is 1. The summed E-state index contributed by atoms with van der Waals surface area (Å²) >= 11 is 0.923. The molecule has 1 aliphatic heterocycles. The third kappa shape index (κ3) is 5.04. The van der Waals surface area contributed by atoms with Gasteiger partial charge >= 0.3 is 5.97 Å². The van der Waals surface area contributed by atoms with Gasteiger partial charge in [-0.2, -0.15) is 14.0 Å². The van der Waals surface area contributed by atoms with Crippen molar-refractivity contribution in [1.29, 1.82) is 5.26 Å². The van der Waals surface area contributed by atoms with Crippen molar-refractivity contribution in [2.75, 3.05) is 13.2 Å². The van der Waals surface area contributed by atoms with Gasteiger partial charge in [-0.3, -0.25) is 4.79 Å². The average molecular weight is 499 g/mol. The second-order valence-electron chi connectivity index (χ2n) is 7.09. The molecule has 1 aromatic heterocycles. The zero-order valence-corrected chi connectivity index (χ0v) is 19.2. The number of aliphatic hydroxyl groups is 1. The first-order valence-electron chi connectivity index (χ1n) is 10.0. The molecule has 3 N–H and O–H groups in total. The van der Waals surface area contributed by atoms with Crippen LogP contribution in [-0.4, -0.2) is 42.6 Å². The van der Waals surface area contributed by atoms with Crippen molar-refractivity contribution in [3.63, 3.8) is 0 Å².